The van der Waals surface area contributed by atoms with E-state index in [4.69, 9.17) is 5.73 Å². The quantitative estimate of drug-likeness (QED) is 0.657. The van der Waals surface area contributed by atoms with Crippen molar-refractivity contribution in [2.45, 2.75) is 19.8 Å². The van der Waals surface area contributed by atoms with Gasteiger partial charge in [-0.25, -0.2) is 0 Å². The fourth-order valence-electron chi connectivity index (χ4n) is 2.15. The lowest BCUT2D eigenvalue weighted by Gasteiger charge is -2.10. The topological polar surface area (TPSA) is 43.1 Å². The van der Waals surface area contributed by atoms with E-state index in [0.29, 0.717) is 12.1 Å². The van der Waals surface area contributed by atoms with Crippen molar-refractivity contribution in [3.8, 4) is 11.1 Å². The number of anilines is 1. The summed E-state index contributed by atoms with van der Waals surface area (Å²) in [6, 6.07) is 14.2. The molecule has 2 rings (SSSR count). The van der Waals surface area contributed by atoms with E-state index in [1.54, 1.807) is 0 Å². The SMILES string of the molecule is CCc1ccccc1-c1ccc(N)c(CC=O)c1.[HH]. The molecule has 0 aliphatic rings. The highest BCUT2D eigenvalue weighted by Gasteiger charge is 2.06. The molecule has 94 valence electrons. The fourth-order valence-corrected chi connectivity index (χ4v) is 2.15. The molecule has 2 aromatic carbocycles. The molecular weight excluding hydrogens is 222 g/mol. The molecule has 0 unspecified atom stereocenters. The second kappa shape index (κ2) is 5.50. The lowest BCUT2D eigenvalue weighted by atomic mass is 9.95. The van der Waals surface area contributed by atoms with Crippen LogP contribution in [0.4, 0.5) is 5.69 Å². The highest BCUT2D eigenvalue weighted by molar-refractivity contribution is 5.72. The van der Waals surface area contributed by atoms with E-state index in [9.17, 15) is 4.79 Å². The molecule has 2 nitrogen and oxygen atoms in total. The number of carbonyl (C=O) groups is 1. The second-order valence-corrected chi connectivity index (χ2v) is 4.30. The van der Waals surface area contributed by atoms with Gasteiger partial charge in [-0.1, -0.05) is 37.3 Å². The Hall–Kier alpha value is -2.09. The molecule has 0 saturated carbocycles. The molecule has 2 N–H and O–H groups in total. The Morgan fingerprint density at radius 1 is 1.17 bits per heavy atom. The van der Waals surface area contributed by atoms with E-state index >= 15 is 0 Å². The first kappa shape index (κ1) is 12.4. The summed E-state index contributed by atoms with van der Waals surface area (Å²) in [4.78, 5) is 10.6. The molecule has 0 fully saturated rings. The van der Waals surface area contributed by atoms with Gasteiger partial charge in [0.2, 0.25) is 0 Å². The number of rotatable bonds is 4. The first-order valence-corrected chi connectivity index (χ1v) is 6.16. The lowest BCUT2D eigenvalue weighted by Crippen LogP contribution is -1.96. The largest absolute Gasteiger partial charge is 0.398 e. The van der Waals surface area contributed by atoms with Crippen LogP contribution in [0.25, 0.3) is 11.1 Å². The zero-order chi connectivity index (χ0) is 13.0. The molecule has 0 radical (unpaired) electrons. The summed E-state index contributed by atoms with van der Waals surface area (Å²) < 4.78 is 0. The van der Waals surface area contributed by atoms with Crippen LogP contribution in [-0.4, -0.2) is 6.29 Å². The Kier molecular flexibility index (Phi) is 3.78. The number of aryl methyl sites for hydroxylation is 1. The van der Waals surface area contributed by atoms with Gasteiger partial charge < -0.3 is 10.5 Å². The number of nitrogens with two attached hydrogens (primary N) is 1. The monoisotopic (exact) mass is 241 g/mol. The number of hydrogen-bond acceptors (Lipinski definition) is 2. The Labute approximate surface area is 109 Å². The van der Waals surface area contributed by atoms with E-state index in [-0.39, 0.29) is 1.43 Å². The molecule has 0 spiro atoms. The highest BCUT2D eigenvalue weighted by Crippen LogP contribution is 2.27. The number of carbonyl (C=O) groups excluding carboxylic acids is 1. The minimum atomic E-state index is 0. The minimum Gasteiger partial charge on any atom is -0.398 e. The van der Waals surface area contributed by atoms with Gasteiger partial charge in [0.15, 0.2) is 0 Å². The summed E-state index contributed by atoms with van der Waals surface area (Å²) in [5.41, 5.74) is 11.1. The fraction of sp³-hybridized carbons (Fsp3) is 0.188. The van der Waals surface area contributed by atoms with Crippen LogP contribution in [0, 0.1) is 0 Å². The van der Waals surface area contributed by atoms with Gasteiger partial charge in [0.05, 0.1) is 0 Å². The van der Waals surface area contributed by atoms with Crippen LogP contribution in [0.1, 0.15) is 19.5 Å². The molecule has 2 aromatic rings. The molecule has 0 amide bonds. The first-order chi connectivity index (χ1) is 8.76. The smallest absolute Gasteiger partial charge is 0.124 e. The summed E-state index contributed by atoms with van der Waals surface area (Å²) in [6.45, 7) is 2.14. The van der Waals surface area contributed by atoms with Gasteiger partial charge in [-0.05, 0) is 40.8 Å². The molecule has 0 heterocycles. The molecule has 18 heavy (non-hydrogen) atoms. The van der Waals surface area contributed by atoms with Crippen molar-refractivity contribution in [1.29, 1.82) is 0 Å². The Bertz CT molecular complexity index is 566. The van der Waals surface area contributed by atoms with Crippen molar-refractivity contribution in [3.63, 3.8) is 0 Å². The minimum absolute atomic E-state index is 0. The van der Waals surface area contributed by atoms with E-state index in [2.05, 4.69) is 19.1 Å². The molecule has 2 heteroatoms. The molecule has 0 bridgehead atoms. The zero-order valence-corrected chi connectivity index (χ0v) is 10.5. The maximum absolute atomic E-state index is 10.6. The average Bonchev–Trinajstić information content (AvgIpc) is 2.41. The van der Waals surface area contributed by atoms with Crippen molar-refractivity contribution in [1.82, 2.24) is 0 Å². The molecule has 0 aromatic heterocycles. The number of aldehydes is 1. The van der Waals surface area contributed by atoms with E-state index in [1.807, 2.05) is 30.3 Å². The third-order valence-electron chi connectivity index (χ3n) is 3.16. The molecular formula is C16H19NO. The van der Waals surface area contributed by atoms with Crippen molar-refractivity contribution in [2.75, 3.05) is 5.73 Å². The van der Waals surface area contributed by atoms with Crippen molar-refractivity contribution in [3.05, 3.63) is 53.6 Å². The molecule has 0 atom stereocenters. The second-order valence-electron chi connectivity index (χ2n) is 4.30. The third kappa shape index (κ3) is 2.43. The zero-order valence-electron chi connectivity index (χ0n) is 10.5. The average molecular weight is 241 g/mol. The molecule has 0 aliphatic heterocycles. The predicted molar refractivity (Wildman–Crippen MR) is 77.6 cm³/mol. The normalized spacial score (nSPS) is 10.3. The lowest BCUT2D eigenvalue weighted by molar-refractivity contribution is -0.107. The molecule has 0 saturated heterocycles. The molecule has 0 aliphatic carbocycles. The number of benzene rings is 2. The van der Waals surface area contributed by atoms with E-state index < -0.39 is 0 Å². The Morgan fingerprint density at radius 3 is 2.67 bits per heavy atom. The highest BCUT2D eigenvalue weighted by atomic mass is 16.1. The maximum atomic E-state index is 10.6. The summed E-state index contributed by atoms with van der Waals surface area (Å²) in [6.07, 6.45) is 2.25. The van der Waals surface area contributed by atoms with Crippen LogP contribution < -0.4 is 5.73 Å². The Balaban J connectivity index is 0.00000180. The van der Waals surface area contributed by atoms with Gasteiger partial charge in [-0.3, -0.25) is 0 Å². The summed E-state index contributed by atoms with van der Waals surface area (Å²) >= 11 is 0. The van der Waals surface area contributed by atoms with Crippen molar-refractivity contribution >= 4 is 12.0 Å². The van der Waals surface area contributed by atoms with Crippen molar-refractivity contribution < 1.29 is 6.22 Å². The van der Waals surface area contributed by atoms with Gasteiger partial charge in [0, 0.05) is 13.5 Å². The van der Waals surface area contributed by atoms with Crippen LogP contribution in [0.2, 0.25) is 0 Å². The van der Waals surface area contributed by atoms with Crippen LogP contribution in [0.3, 0.4) is 0 Å². The third-order valence-corrected chi connectivity index (χ3v) is 3.16. The van der Waals surface area contributed by atoms with Crippen LogP contribution >= 0.6 is 0 Å². The maximum Gasteiger partial charge on any atom is 0.124 e. The van der Waals surface area contributed by atoms with Gasteiger partial charge >= 0.3 is 0 Å². The predicted octanol–water partition coefficient (Wildman–Crippen LogP) is 3.49. The summed E-state index contributed by atoms with van der Waals surface area (Å²) in [5, 5.41) is 0. The first-order valence-electron chi connectivity index (χ1n) is 6.16. The standard InChI is InChI=1S/C16H17NO.H2/c1-2-12-5-3-4-6-15(12)13-7-8-16(17)14(11-13)9-10-18;/h3-8,10-11H,2,9,17H2,1H3;1H. The van der Waals surface area contributed by atoms with Crippen LogP contribution in [-0.2, 0) is 17.6 Å². The Morgan fingerprint density at radius 2 is 1.94 bits per heavy atom. The van der Waals surface area contributed by atoms with Crippen molar-refractivity contribution in [2.24, 2.45) is 0 Å². The summed E-state index contributed by atoms with van der Waals surface area (Å²) in [7, 11) is 0. The van der Waals surface area contributed by atoms with Gasteiger partial charge in [0.25, 0.3) is 0 Å². The number of nitrogen functional groups attached to an aromatic ring is 1. The van der Waals surface area contributed by atoms with Crippen LogP contribution in [0.15, 0.2) is 42.5 Å². The van der Waals surface area contributed by atoms with Gasteiger partial charge in [-0.2, -0.15) is 0 Å². The van der Waals surface area contributed by atoms with Gasteiger partial charge in [-0.15, -0.1) is 0 Å². The summed E-state index contributed by atoms with van der Waals surface area (Å²) in [5.74, 6) is 0. The van der Waals surface area contributed by atoms with Crippen LogP contribution in [0.5, 0.6) is 0 Å². The van der Waals surface area contributed by atoms with E-state index in [1.165, 1.54) is 11.1 Å². The van der Waals surface area contributed by atoms with E-state index in [0.717, 1.165) is 23.8 Å². The number of hydrogen-bond donors (Lipinski definition) is 1. The van der Waals surface area contributed by atoms with Gasteiger partial charge in [0.1, 0.15) is 6.29 Å².